The van der Waals surface area contributed by atoms with Gasteiger partial charge in [-0.2, -0.15) is 0 Å². The van der Waals surface area contributed by atoms with Crippen LogP contribution >= 0.6 is 0 Å². The highest BCUT2D eigenvalue weighted by Crippen LogP contribution is 2.33. The summed E-state index contributed by atoms with van der Waals surface area (Å²) < 4.78 is 12.4. The number of rotatable bonds is 7. The number of nitrogen functional groups attached to an aromatic ring is 1. The normalized spacial score (nSPS) is 23.0. The minimum Gasteiger partial charge on any atom is -0.387 e. The van der Waals surface area contributed by atoms with Crippen LogP contribution in [0.25, 0.3) is 11.2 Å². The number of nitrogens with zero attached hydrogens (tertiary/aromatic N) is 5. The lowest BCUT2D eigenvalue weighted by Gasteiger charge is -2.26. The first-order chi connectivity index (χ1) is 15.4. The standard InChI is InChI=1S/C21H26N6O5/c1-12-3-5-13(6-4-12)9-26(7-8-31-2)20(30)17-15(28)16(29)21(32-17)27-11-25-14-18(22)23-10-24-19(14)27/h3-6,10-11,15-17,21,28-29H,7-9H2,1-2H3,(H2,22,23,24)/t15-,16+,17-,21+/m0/s1. The molecule has 170 valence electrons. The zero-order chi connectivity index (χ0) is 22.8. The van der Waals surface area contributed by atoms with Crippen LogP contribution in [-0.2, 0) is 20.8 Å². The van der Waals surface area contributed by atoms with E-state index in [-0.39, 0.29) is 5.82 Å². The van der Waals surface area contributed by atoms with E-state index in [1.165, 1.54) is 17.2 Å². The molecule has 2 aromatic heterocycles. The Balaban J connectivity index is 1.57. The molecule has 32 heavy (non-hydrogen) atoms. The van der Waals surface area contributed by atoms with E-state index < -0.39 is 30.4 Å². The molecule has 3 aromatic rings. The second-order valence-electron chi connectivity index (χ2n) is 7.75. The fraction of sp³-hybridized carbons (Fsp3) is 0.429. The molecule has 0 radical (unpaired) electrons. The van der Waals surface area contributed by atoms with E-state index in [1.807, 2.05) is 31.2 Å². The number of fused-ring (bicyclic) bond motifs is 1. The predicted molar refractivity (Wildman–Crippen MR) is 114 cm³/mol. The maximum atomic E-state index is 13.3. The van der Waals surface area contributed by atoms with Gasteiger partial charge in [0.15, 0.2) is 23.8 Å². The highest BCUT2D eigenvalue weighted by atomic mass is 16.6. The molecule has 1 aromatic carbocycles. The Morgan fingerprint density at radius 3 is 2.69 bits per heavy atom. The van der Waals surface area contributed by atoms with Gasteiger partial charge < -0.3 is 30.3 Å². The molecule has 0 unspecified atom stereocenters. The first-order valence-electron chi connectivity index (χ1n) is 10.2. The molecule has 4 N–H and O–H groups in total. The lowest BCUT2D eigenvalue weighted by molar-refractivity contribution is -0.150. The third-order valence-corrected chi connectivity index (χ3v) is 5.51. The first kappa shape index (κ1) is 22.1. The third-order valence-electron chi connectivity index (χ3n) is 5.51. The summed E-state index contributed by atoms with van der Waals surface area (Å²) in [5.74, 6) is -0.270. The van der Waals surface area contributed by atoms with E-state index >= 15 is 0 Å². The van der Waals surface area contributed by atoms with E-state index in [0.29, 0.717) is 30.9 Å². The molecule has 0 saturated carbocycles. The third kappa shape index (κ3) is 4.15. The number of carbonyl (C=O) groups excluding carboxylic acids is 1. The van der Waals surface area contributed by atoms with Gasteiger partial charge >= 0.3 is 0 Å². The summed E-state index contributed by atoms with van der Waals surface area (Å²) in [6.45, 7) is 2.91. The molecule has 1 aliphatic rings. The van der Waals surface area contributed by atoms with E-state index in [2.05, 4.69) is 15.0 Å². The van der Waals surface area contributed by atoms with Crippen molar-refractivity contribution >= 4 is 22.9 Å². The fourth-order valence-corrected chi connectivity index (χ4v) is 3.71. The van der Waals surface area contributed by atoms with Gasteiger partial charge in [-0.05, 0) is 12.5 Å². The number of hydrogen-bond donors (Lipinski definition) is 3. The number of amides is 1. The minimum absolute atomic E-state index is 0.179. The number of aromatic nitrogens is 4. The van der Waals surface area contributed by atoms with Crippen molar-refractivity contribution in [1.29, 1.82) is 0 Å². The lowest BCUT2D eigenvalue weighted by atomic mass is 10.1. The number of methoxy groups -OCH3 is 1. The Hall–Kier alpha value is -3.12. The van der Waals surface area contributed by atoms with Crippen LogP contribution in [0.2, 0.25) is 0 Å². The van der Waals surface area contributed by atoms with Gasteiger partial charge in [0.05, 0.1) is 12.9 Å². The van der Waals surface area contributed by atoms with Crippen LogP contribution in [-0.4, -0.2) is 79.1 Å². The summed E-state index contributed by atoms with van der Waals surface area (Å²) in [5.41, 5.74) is 8.54. The Labute approximate surface area is 184 Å². The van der Waals surface area contributed by atoms with Crippen molar-refractivity contribution in [2.24, 2.45) is 0 Å². The quantitative estimate of drug-likeness (QED) is 0.460. The average molecular weight is 442 g/mol. The number of carbonyl (C=O) groups is 1. The summed E-state index contributed by atoms with van der Waals surface area (Å²) in [5, 5.41) is 21.3. The second kappa shape index (κ2) is 9.17. The van der Waals surface area contributed by atoms with Gasteiger partial charge in [-0.25, -0.2) is 15.0 Å². The molecular weight excluding hydrogens is 416 g/mol. The van der Waals surface area contributed by atoms with Crippen LogP contribution in [0.15, 0.2) is 36.9 Å². The topological polar surface area (TPSA) is 149 Å². The summed E-state index contributed by atoms with van der Waals surface area (Å²) in [7, 11) is 1.55. The van der Waals surface area contributed by atoms with Crippen molar-refractivity contribution in [2.45, 2.75) is 38.0 Å². The smallest absolute Gasteiger partial charge is 0.255 e. The number of aryl methyl sites for hydroxylation is 1. The van der Waals surface area contributed by atoms with E-state index in [0.717, 1.165) is 11.1 Å². The van der Waals surface area contributed by atoms with Crippen molar-refractivity contribution in [3.8, 4) is 0 Å². The number of nitrogens with two attached hydrogens (primary N) is 1. The number of anilines is 1. The molecule has 1 amide bonds. The van der Waals surface area contributed by atoms with Gasteiger partial charge in [0.1, 0.15) is 24.1 Å². The molecule has 4 atom stereocenters. The molecule has 1 aliphatic heterocycles. The maximum absolute atomic E-state index is 13.3. The second-order valence-corrected chi connectivity index (χ2v) is 7.75. The van der Waals surface area contributed by atoms with Crippen LogP contribution < -0.4 is 5.73 Å². The Bertz CT molecular complexity index is 1090. The molecule has 11 heteroatoms. The zero-order valence-corrected chi connectivity index (χ0v) is 17.8. The van der Waals surface area contributed by atoms with Gasteiger partial charge in [-0.3, -0.25) is 9.36 Å². The van der Waals surface area contributed by atoms with Crippen LogP contribution in [0, 0.1) is 6.92 Å². The highest BCUT2D eigenvalue weighted by Gasteiger charge is 2.49. The Kier molecular flexibility index (Phi) is 6.33. The van der Waals surface area contributed by atoms with E-state index in [4.69, 9.17) is 15.2 Å². The van der Waals surface area contributed by atoms with Crippen LogP contribution in [0.4, 0.5) is 5.82 Å². The van der Waals surface area contributed by atoms with Gasteiger partial charge in [-0.15, -0.1) is 0 Å². The van der Waals surface area contributed by atoms with E-state index in [1.54, 1.807) is 12.0 Å². The van der Waals surface area contributed by atoms with Crippen molar-refractivity contribution < 1.29 is 24.5 Å². The zero-order valence-electron chi connectivity index (χ0n) is 17.8. The fourth-order valence-electron chi connectivity index (χ4n) is 3.71. The number of hydrogen-bond acceptors (Lipinski definition) is 9. The molecule has 0 aliphatic carbocycles. The molecule has 4 rings (SSSR count). The van der Waals surface area contributed by atoms with Gasteiger partial charge in [-0.1, -0.05) is 29.8 Å². The SMILES string of the molecule is COCCN(Cc1ccc(C)cc1)C(=O)[C@H]1O[C@@H](n2cnc3c(N)ncnc32)[C@H](O)[C@@H]1O. The predicted octanol–water partition coefficient (Wildman–Crippen LogP) is 0.0113. The number of aliphatic hydroxyl groups excluding tert-OH is 2. The number of benzene rings is 1. The van der Waals surface area contributed by atoms with Gasteiger partial charge in [0.25, 0.3) is 5.91 Å². The number of ether oxygens (including phenoxy) is 2. The summed E-state index contributed by atoms with van der Waals surface area (Å²) in [6.07, 6.45) is -2.49. The summed E-state index contributed by atoms with van der Waals surface area (Å²) in [4.78, 5) is 27.0. The lowest BCUT2D eigenvalue weighted by Crippen LogP contribution is -2.46. The summed E-state index contributed by atoms with van der Waals surface area (Å²) in [6, 6.07) is 7.81. The molecule has 1 fully saturated rings. The average Bonchev–Trinajstić information content (AvgIpc) is 3.34. The van der Waals surface area contributed by atoms with Crippen molar-refractivity contribution in [3.05, 3.63) is 48.0 Å². The van der Waals surface area contributed by atoms with Crippen molar-refractivity contribution in [3.63, 3.8) is 0 Å². The van der Waals surface area contributed by atoms with Crippen LogP contribution in [0.1, 0.15) is 17.4 Å². The van der Waals surface area contributed by atoms with Crippen molar-refractivity contribution in [2.75, 3.05) is 26.0 Å². The highest BCUT2D eigenvalue weighted by molar-refractivity contribution is 5.83. The molecule has 0 bridgehead atoms. The molecule has 3 heterocycles. The summed E-state index contributed by atoms with van der Waals surface area (Å²) >= 11 is 0. The Morgan fingerprint density at radius 1 is 1.22 bits per heavy atom. The largest absolute Gasteiger partial charge is 0.387 e. The minimum atomic E-state index is -1.44. The number of imidazole rings is 1. The van der Waals surface area contributed by atoms with Gasteiger partial charge in [0.2, 0.25) is 0 Å². The molecule has 0 spiro atoms. The molecular formula is C21H26N6O5. The van der Waals surface area contributed by atoms with Gasteiger partial charge in [0, 0.05) is 20.2 Å². The van der Waals surface area contributed by atoms with E-state index in [9.17, 15) is 15.0 Å². The molecule has 1 saturated heterocycles. The van der Waals surface area contributed by atoms with Crippen LogP contribution in [0.3, 0.4) is 0 Å². The number of aliphatic hydroxyl groups is 2. The first-order valence-corrected chi connectivity index (χ1v) is 10.2. The monoisotopic (exact) mass is 442 g/mol. The molecule has 11 nitrogen and oxygen atoms in total. The Morgan fingerprint density at radius 2 is 1.97 bits per heavy atom. The van der Waals surface area contributed by atoms with Crippen molar-refractivity contribution in [1.82, 2.24) is 24.4 Å². The van der Waals surface area contributed by atoms with Crippen LogP contribution in [0.5, 0.6) is 0 Å². The maximum Gasteiger partial charge on any atom is 0.255 e.